The summed E-state index contributed by atoms with van der Waals surface area (Å²) in [5.41, 5.74) is 0. The number of aliphatic imine (C=N–C) groups is 1. The van der Waals surface area contributed by atoms with E-state index in [1.165, 1.54) is 32.5 Å². The highest BCUT2D eigenvalue weighted by Crippen LogP contribution is 2.17. The lowest BCUT2D eigenvalue weighted by atomic mass is 9.99. The van der Waals surface area contributed by atoms with Gasteiger partial charge in [0.2, 0.25) is 0 Å². The number of halogens is 1. The van der Waals surface area contributed by atoms with Crippen molar-refractivity contribution < 1.29 is 0 Å². The molecule has 1 aliphatic rings. The summed E-state index contributed by atoms with van der Waals surface area (Å²) in [5.74, 6) is 3.50. The molecule has 0 saturated carbocycles. The Balaban J connectivity index is 0.00000480. The van der Waals surface area contributed by atoms with Crippen molar-refractivity contribution in [3.05, 3.63) is 5.82 Å². The zero-order chi connectivity index (χ0) is 21.8. The van der Waals surface area contributed by atoms with E-state index in [0.29, 0.717) is 5.92 Å². The fraction of sp³-hybridized carbons (Fsp3) is 0.864. The van der Waals surface area contributed by atoms with Gasteiger partial charge in [0.25, 0.3) is 0 Å². The highest BCUT2D eigenvalue weighted by molar-refractivity contribution is 14.0. The summed E-state index contributed by atoms with van der Waals surface area (Å²) >= 11 is 1.67. The molecule has 2 rings (SSSR count). The molecule has 1 aromatic rings. The van der Waals surface area contributed by atoms with Gasteiger partial charge in [-0.25, -0.2) is 0 Å². The molecule has 1 saturated heterocycles. The van der Waals surface area contributed by atoms with Crippen LogP contribution in [0.3, 0.4) is 0 Å². The summed E-state index contributed by atoms with van der Waals surface area (Å²) in [7, 11) is 0. The van der Waals surface area contributed by atoms with Gasteiger partial charge in [-0.2, -0.15) is 0 Å². The maximum Gasteiger partial charge on any atom is 0.191 e. The van der Waals surface area contributed by atoms with Gasteiger partial charge in [0.05, 0.1) is 0 Å². The quantitative estimate of drug-likeness (QED) is 0.132. The van der Waals surface area contributed by atoms with Crippen LogP contribution in [0, 0.1) is 11.8 Å². The Hall–Kier alpha value is -0.550. The SMILES string of the molecule is CCNC(=NCCCc1nnc(SC)n1CC(C)C)NCCCN1CCC(C)CC1.I. The number of nitrogens with zero attached hydrogens (tertiary/aromatic N) is 5. The molecule has 9 heteroatoms. The van der Waals surface area contributed by atoms with Gasteiger partial charge in [0.1, 0.15) is 5.82 Å². The standard InChI is InChI=1S/C22H43N7S.HI/c1-6-23-21(25-13-8-14-28-15-10-19(4)11-16-28)24-12-7-9-20-26-27-22(30-5)29(20)17-18(2)3;/h18-19H,6-17H2,1-5H3,(H2,23,24,25);1H. The smallest absolute Gasteiger partial charge is 0.191 e. The van der Waals surface area contributed by atoms with Crippen LogP contribution in [-0.2, 0) is 13.0 Å². The molecule has 2 heterocycles. The van der Waals surface area contributed by atoms with Crippen LogP contribution in [0.5, 0.6) is 0 Å². The minimum Gasteiger partial charge on any atom is -0.357 e. The van der Waals surface area contributed by atoms with E-state index < -0.39 is 0 Å². The molecule has 0 spiro atoms. The van der Waals surface area contributed by atoms with Gasteiger partial charge >= 0.3 is 0 Å². The van der Waals surface area contributed by atoms with E-state index in [2.05, 4.69) is 64.2 Å². The number of aryl methyl sites for hydroxylation is 1. The molecular formula is C22H44IN7S. The second kappa shape index (κ2) is 16.1. The van der Waals surface area contributed by atoms with Crippen LogP contribution in [0.4, 0.5) is 0 Å². The minimum atomic E-state index is 0. The number of hydrogen-bond acceptors (Lipinski definition) is 5. The lowest BCUT2D eigenvalue weighted by Gasteiger charge is -2.30. The van der Waals surface area contributed by atoms with E-state index in [4.69, 9.17) is 4.99 Å². The van der Waals surface area contributed by atoms with Crippen molar-refractivity contribution in [2.24, 2.45) is 16.8 Å². The van der Waals surface area contributed by atoms with Crippen LogP contribution in [0.25, 0.3) is 0 Å². The maximum atomic E-state index is 4.76. The number of guanidine groups is 1. The molecular weight excluding hydrogens is 521 g/mol. The molecule has 0 atom stereocenters. The molecule has 180 valence electrons. The van der Waals surface area contributed by atoms with Gasteiger partial charge in [0, 0.05) is 32.6 Å². The summed E-state index contributed by atoms with van der Waals surface area (Å²) in [4.78, 5) is 7.36. The Bertz CT molecular complexity index is 627. The van der Waals surface area contributed by atoms with Crippen LogP contribution in [-0.4, -0.2) is 71.1 Å². The van der Waals surface area contributed by atoms with E-state index in [1.54, 1.807) is 11.8 Å². The average Bonchev–Trinajstić information content (AvgIpc) is 3.10. The molecule has 0 aliphatic carbocycles. The molecule has 2 N–H and O–H groups in total. The highest BCUT2D eigenvalue weighted by Gasteiger charge is 2.15. The Morgan fingerprint density at radius 3 is 2.58 bits per heavy atom. The van der Waals surface area contributed by atoms with Crippen molar-refractivity contribution in [2.45, 2.75) is 71.5 Å². The number of thioether (sulfide) groups is 1. The van der Waals surface area contributed by atoms with Crippen molar-refractivity contribution in [1.82, 2.24) is 30.3 Å². The normalized spacial score (nSPS) is 15.9. The van der Waals surface area contributed by atoms with Gasteiger partial charge in [-0.15, -0.1) is 34.2 Å². The highest BCUT2D eigenvalue weighted by atomic mass is 127. The monoisotopic (exact) mass is 565 g/mol. The molecule has 0 unspecified atom stereocenters. The van der Waals surface area contributed by atoms with E-state index in [1.807, 2.05) is 0 Å². The first kappa shape index (κ1) is 28.5. The number of hydrogen-bond donors (Lipinski definition) is 2. The van der Waals surface area contributed by atoms with Crippen LogP contribution >= 0.6 is 35.7 Å². The molecule has 0 amide bonds. The first-order chi connectivity index (χ1) is 14.5. The predicted octanol–water partition coefficient (Wildman–Crippen LogP) is 3.88. The third kappa shape index (κ3) is 10.7. The second-order valence-corrected chi connectivity index (χ2v) is 9.55. The molecule has 1 fully saturated rings. The number of piperidine rings is 1. The molecule has 0 aromatic carbocycles. The van der Waals surface area contributed by atoms with Gasteiger partial charge in [-0.1, -0.05) is 32.5 Å². The summed E-state index contributed by atoms with van der Waals surface area (Å²) in [6.07, 6.45) is 7.81. The first-order valence-electron chi connectivity index (χ1n) is 11.7. The number of rotatable bonds is 12. The zero-order valence-electron chi connectivity index (χ0n) is 20.2. The Kier molecular flexibility index (Phi) is 14.8. The summed E-state index contributed by atoms with van der Waals surface area (Å²) < 4.78 is 2.27. The van der Waals surface area contributed by atoms with Gasteiger partial charge in [-0.05, 0) is 70.3 Å². The van der Waals surface area contributed by atoms with Gasteiger partial charge in [-0.3, -0.25) is 4.99 Å². The Morgan fingerprint density at radius 2 is 1.94 bits per heavy atom. The largest absolute Gasteiger partial charge is 0.357 e. The number of aromatic nitrogens is 3. The fourth-order valence-corrected chi connectivity index (χ4v) is 4.29. The minimum absolute atomic E-state index is 0. The summed E-state index contributed by atoms with van der Waals surface area (Å²) in [6, 6.07) is 0. The third-order valence-corrected chi connectivity index (χ3v) is 6.18. The van der Waals surface area contributed by atoms with Crippen LogP contribution < -0.4 is 10.6 Å². The van der Waals surface area contributed by atoms with Crippen LogP contribution in [0.15, 0.2) is 10.1 Å². The second-order valence-electron chi connectivity index (χ2n) is 8.78. The first-order valence-corrected chi connectivity index (χ1v) is 13.0. The summed E-state index contributed by atoms with van der Waals surface area (Å²) in [6.45, 7) is 16.3. The molecule has 7 nitrogen and oxygen atoms in total. The summed E-state index contributed by atoms with van der Waals surface area (Å²) in [5, 5.41) is 16.6. The van der Waals surface area contributed by atoms with E-state index in [-0.39, 0.29) is 24.0 Å². The van der Waals surface area contributed by atoms with E-state index >= 15 is 0 Å². The van der Waals surface area contributed by atoms with Crippen molar-refractivity contribution >= 4 is 41.7 Å². The van der Waals surface area contributed by atoms with Crippen molar-refractivity contribution in [3.8, 4) is 0 Å². The number of likely N-dealkylation sites (tertiary alicyclic amines) is 1. The number of nitrogens with one attached hydrogen (secondary N) is 2. The lowest BCUT2D eigenvalue weighted by molar-refractivity contribution is 0.191. The van der Waals surface area contributed by atoms with Crippen molar-refractivity contribution in [3.63, 3.8) is 0 Å². The maximum absolute atomic E-state index is 4.76. The van der Waals surface area contributed by atoms with Crippen LogP contribution in [0.2, 0.25) is 0 Å². The lowest BCUT2D eigenvalue weighted by Crippen LogP contribution is -2.39. The van der Waals surface area contributed by atoms with Crippen molar-refractivity contribution in [2.75, 3.05) is 45.5 Å². The molecule has 1 aromatic heterocycles. The Labute approximate surface area is 211 Å². The topological polar surface area (TPSA) is 70.4 Å². The zero-order valence-corrected chi connectivity index (χ0v) is 23.3. The molecule has 0 radical (unpaired) electrons. The molecule has 0 bridgehead atoms. The Morgan fingerprint density at radius 1 is 1.19 bits per heavy atom. The van der Waals surface area contributed by atoms with Gasteiger partial charge in [0.15, 0.2) is 11.1 Å². The van der Waals surface area contributed by atoms with E-state index in [0.717, 1.165) is 68.3 Å². The average molecular weight is 566 g/mol. The fourth-order valence-electron chi connectivity index (χ4n) is 3.77. The van der Waals surface area contributed by atoms with Crippen molar-refractivity contribution in [1.29, 1.82) is 0 Å². The molecule has 31 heavy (non-hydrogen) atoms. The van der Waals surface area contributed by atoms with Crippen LogP contribution in [0.1, 0.15) is 59.2 Å². The van der Waals surface area contributed by atoms with E-state index in [9.17, 15) is 0 Å². The van der Waals surface area contributed by atoms with Gasteiger partial charge < -0.3 is 20.1 Å². The third-order valence-electron chi connectivity index (χ3n) is 5.52. The predicted molar refractivity (Wildman–Crippen MR) is 144 cm³/mol. The molecule has 1 aliphatic heterocycles.